The van der Waals surface area contributed by atoms with Crippen LogP contribution in [0, 0.1) is 0 Å². The van der Waals surface area contributed by atoms with Gasteiger partial charge >= 0.3 is 0 Å². The highest BCUT2D eigenvalue weighted by Gasteiger charge is 2.30. The fourth-order valence-corrected chi connectivity index (χ4v) is 4.34. The summed E-state index contributed by atoms with van der Waals surface area (Å²) in [7, 11) is 3.74. The van der Waals surface area contributed by atoms with Crippen molar-refractivity contribution in [2.75, 3.05) is 32.1 Å². The van der Waals surface area contributed by atoms with Gasteiger partial charge in [-0.15, -0.1) is 0 Å². The molecule has 0 aliphatic carbocycles. The van der Waals surface area contributed by atoms with Crippen molar-refractivity contribution in [3.63, 3.8) is 0 Å². The highest BCUT2D eigenvalue weighted by atomic mass is 35.5. The van der Waals surface area contributed by atoms with Crippen molar-refractivity contribution in [3.8, 4) is 0 Å². The van der Waals surface area contributed by atoms with Crippen LogP contribution in [0.1, 0.15) is 16.8 Å². The number of pyridine rings is 1. The Labute approximate surface area is 210 Å². The van der Waals surface area contributed by atoms with E-state index in [1.807, 2.05) is 67.7 Å². The van der Waals surface area contributed by atoms with Crippen LogP contribution in [-0.2, 0) is 11.2 Å². The molecule has 0 radical (unpaired) electrons. The van der Waals surface area contributed by atoms with E-state index >= 15 is 0 Å². The number of rotatable bonds is 7. The zero-order valence-corrected chi connectivity index (χ0v) is 20.7. The van der Waals surface area contributed by atoms with E-state index in [1.54, 1.807) is 24.2 Å². The molecule has 0 spiro atoms. The first kappa shape index (κ1) is 24.0. The van der Waals surface area contributed by atoms with Crippen LogP contribution in [0.2, 0.25) is 5.02 Å². The van der Waals surface area contributed by atoms with Crippen molar-refractivity contribution >= 4 is 46.1 Å². The fourth-order valence-electron chi connectivity index (χ4n) is 3.84. The van der Waals surface area contributed by atoms with E-state index in [0.717, 1.165) is 35.5 Å². The molecule has 2 heterocycles. The summed E-state index contributed by atoms with van der Waals surface area (Å²) in [5, 5.41) is 3.76. The second-order valence-electron chi connectivity index (χ2n) is 8.18. The molecule has 3 aromatic rings. The molecular weight excluding hydrogens is 466 g/mol. The molecule has 1 atom stereocenters. The van der Waals surface area contributed by atoms with Crippen molar-refractivity contribution in [2.24, 2.45) is 4.99 Å². The standard InChI is InChI=1S/C26H26ClN5OS/c1-31(15-13-20-10-6-7-14-28-20)17-23(34)29-25-26(33)32(2)22-12-11-19(27)16-21(22)24(30-25)18-8-4-3-5-9-18/h3-12,14,16,25H,13,15,17H2,1-2H3,(H,29,34). The first-order valence-electron chi connectivity index (χ1n) is 11.0. The second kappa shape index (κ2) is 10.9. The van der Waals surface area contributed by atoms with E-state index in [-0.39, 0.29) is 5.91 Å². The van der Waals surface area contributed by atoms with Gasteiger partial charge in [0.25, 0.3) is 5.91 Å². The molecule has 1 N–H and O–H groups in total. The lowest BCUT2D eigenvalue weighted by molar-refractivity contribution is -0.119. The van der Waals surface area contributed by atoms with Gasteiger partial charge in [0.15, 0.2) is 6.17 Å². The van der Waals surface area contributed by atoms with Crippen molar-refractivity contribution in [2.45, 2.75) is 12.6 Å². The van der Waals surface area contributed by atoms with E-state index in [0.29, 0.717) is 22.3 Å². The second-order valence-corrected chi connectivity index (χ2v) is 9.11. The third-order valence-electron chi connectivity index (χ3n) is 5.63. The number of halogens is 1. The topological polar surface area (TPSA) is 60.8 Å². The van der Waals surface area contributed by atoms with E-state index in [2.05, 4.69) is 15.2 Å². The molecule has 2 aromatic carbocycles. The minimum Gasteiger partial charge on any atom is -0.349 e. The van der Waals surface area contributed by atoms with Gasteiger partial charge in [-0.1, -0.05) is 60.2 Å². The highest BCUT2D eigenvalue weighted by Crippen LogP contribution is 2.29. The predicted octanol–water partition coefficient (Wildman–Crippen LogP) is 3.97. The number of nitrogens with one attached hydrogen (secondary N) is 1. The van der Waals surface area contributed by atoms with Gasteiger partial charge in [-0.3, -0.25) is 14.7 Å². The van der Waals surface area contributed by atoms with E-state index in [4.69, 9.17) is 28.8 Å². The molecule has 0 saturated heterocycles. The van der Waals surface area contributed by atoms with Crippen LogP contribution in [0.15, 0.2) is 77.9 Å². The number of nitrogens with zero attached hydrogens (tertiary/aromatic N) is 4. The van der Waals surface area contributed by atoms with Crippen LogP contribution in [0.5, 0.6) is 0 Å². The summed E-state index contributed by atoms with van der Waals surface area (Å²) in [4.78, 5) is 26.8. The molecule has 0 fully saturated rings. The molecule has 1 amide bonds. The third kappa shape index (κ3) is 5.67. The first-order valence-corrected chi connectivity index (χ1v) is 11.8. The van der Waals surface area contributed by atoms with Crippen LogP contribution in [0.3, 0.4) is 0 Å². The Morgan fingerprint density at radius 1 is 1.15 bits per heavy atom. The number of aliphatic imine (C=N–C) groups is 1. The molecule has 0 bridgehead atoms. The molecule has 1 aliphatic heterocycles. The summed E-state index contributed by atoms with van der Waals surface area (Å²) in [5.74, 6) is -0.187. The summed E-state index contributed by atoms with van der Waals surface area (Å²) in [6.45, 7) is 1.30. The number of fused-ring (bicyclic) bond motifs is 1. The highest BCUT2D eigenvalue weighted by molar-refractivity contribution is 7.80. The van der Waals surface area contributed by atoms with Crippen molar-refractivity contribution < 1.29 is 4.79 Å². The number of carbonyl (C=O) groups is 1. The molecule has 1 unspecified atom stereocenters. The Balaban J connectivity index is 1.54. The number of benzodiazepines with no additional fused rings is 1. The largest absolute Gasteiger partial charge is 0.349 e. The summed E-state index contributed by atoms with van der Waals surface area (Å²) in [6, 6.07) is 21.2. The summed E-state index contributed by atoms with van der Waals surface area (Å²) >= 11 is 11.9. The predicted molar refractivity (Wildman–Crippen MR) is 142 cm³/mol. The Kier molecular flexibility index (Phi) is 7.67. The third-order valence-corrected chi connectivity index (χ3v) is 6.11. The van der Waals surface area contributed by atoms with Crippen molar-refractivity contribution in [1.29, 1.82) is 0 Å². The van der Waals surface area contributed by atoms with Gasteiger partial charge in [-0.2, -0.15) is 0 Å². The maximum Gasteiger partial charge on any atom is 0.271 e. The maximum atomic E-state index is 13.3. The smallest absolute Gasteiger partial charge is 0.271 e. The average Bonchev–Trinajstić information content (AvgIpc) is 2.94. The molecular formula is C26H26ClN5OS. The lowest BCUT2D eigenvalue weighted by Gasteiger charge is -2.23. The number of carbonyl (C=O) groups excluding carboxylic acids is 1. The van der Waals surface area contributed by atoms with Gasteiger partial charge < -0.3 is 10.2 Å². The molecule has 4 rings (SSSR count). The van der Waals surface area contributed by atoms with Crippen LogP contribution < -0.4 is 10.2 Å². The number of hydrogen-bond donors (Lipinski definition) is 1. The molecule has 174 valence electrons. The zero-order valence-electron chi connectivity index (χ0n) is 19.1. The van der Waals surface area contributed by atoms with Gasteiger partial charge in [-0.25, -0.2) is 4.99 Å². The minimum absolute atomic E-state index is 0.187. The summed E-state index contributed by atoms with van der Waals surface area (Å²) < 4.78 is 0. The molecule has 8 heteroatoms. The number of hydrogen-bond acceptors (Lipinski definition) is 5. The number of likely N-dealkylation sites (N-methyl/N-ethyl adjacent to an activating group) is 2. The Bertz CT molecular complexity index is 1200. The lowest BCUT2D eigenvalue weighted by Crippen LogP contribution is -2.48. The monoisotopic (exact) mass is 491 g/mol. The van der Waals surface area contributed by atoms with Crippen molar-refractivity contribution in [1.82, 2.24) is 15.2 Å². The van der Waals surface area contributed by atoms with Gasteiger partial charge in [0.2, 0.25) is 0 Å². The molecule has 1 aliphatic rings. The molecule has 34 heavy (non-hydrogen) atoms. The average molecular weight is 492 g/mol. The number of benzene rings is 2. The van der Waals surface area contributed by atoms with Gasteiger partial charge in [0, 0.05) is 54.6 Å². The van der Waals surface area contributed by atoms with E-state index in [1.165, 1.54) is 0 Å². The van der Waals surface area contributed by atoms with E-state index in [9.17, 15) is 4.79 Å². The quantitative estimate of drug-likeness (QED) is 0.507. The molecule has 6 nitrogen and oxygen atoms in total. The number of amides is 1. The molecule has 0 saturated carbocycles. The maximum absolute atomic E-state index is 13.3. The Morgan fingerprint density at radius 2 is 1.91 bits per heavy atom. The Hall–Kier alpha value is -3.13. The van der Waals surface area contributed by atoms with Gasteiger partial charge in [0.05, 0.1) is 16.4 Å². The van der Waals surface area contributed by atoms with E-state index < -0.39 is 6.17 Å². The van der Waals surface area contributed by atoms with Crippen LogP contribution in [0.4, 0.5) is 5.69 Å². The Morgan fingerprint density at radius 3 is 2.65 bits per heavy atom. The number of anilines is 1. The summed E-state index contributed by atoms with van der Waals surface area (Å²) in [6.07, 6.45) is 1.77. The molecule has 1 aromatic heterocycles. The van der Waals surface area contributed by atoms with Gasteiger partial charge in [-0.05, 0) is 37.4 Å². The first-order chi connectivity index (χ1) is 16.4. The summed E-state index contributed by atoms with van der Waals surface area (Å²) in [5.41, 5.74) is 4.18. The SMILES string of the molecule is CN(CCc1ccccn1)CC(=S)NC1N=C(c2ccccc2)c2cc(Cl)ccc2N(C)C1=O. The lowest BCUT2D eigenvalue weighted by atomic mass is 10.0. The van der Waals surface area contributed by atoms with Crippen molar-refractivity contribution in [3.05, 3.63) is 94.8 Å². The van der Waals surface area contributed by atoms with Crippen LogP contribution >= 0.6 is 23.8 Å². The van der Waals surface area contributed by atoms with Crippen LogP contribution in [-0.4, -0.2) is 59.8 Å². The number of aromatic nitrogens is 1. The normalized spacial score (nSPS) is 15.5. The fraction of sp³-hybridized carbons (Fsp3) is 0.231. The van der Waals surface area contributed by atoms with Crippen LogP contribution in [0.25, 0.3) is 0 Å². The van der Waals surface area contributed by atoms with Gasteiger partial charge in [0.1, 0.15) is 0 Å². The number of thiocarbonyl (C=S) groups is 1. The minimum atomic E-state index is -0.844. The zero-order chi connectivity index (χ0) is 24.1.